The number of carbonyl (C=O) groups excluding carboxylic acids is 1. The van der Waals surface area contributed by atoms with Crippen molar-refractivity contribution in [3.63, 3.8) is 0 Å². The molecule has 3 aromatic heterocycles. The number of rotatable bonds is 10. The van der Waals surface area contributed by atoms with Crippen molar-refractivity contribution in [1.29, 1.82) is 5.41 Å². The van der Waals surface area contributed by atoms with E-state index >= 15 is 0 Å². The molecule has 0 aliphatic heterocycles. The van der Waals surface area contributed by atoms with Crippen molar-refractivity contribution in [2.75, 3.05) is 14.1 Å². The standard InChI is InChI=1S/C28H27N9O6S/c1-14-4-5-16(23(29)30)12-20(14)43-28-35-25-22(34-26(39)19(33-25)13-44(40)41)27(36-28)42-18-9-15(10-21(38)37(2)3)8-17(11-18)24-31-6-7-32-24/h4-9,11-12H,10,13H2,1-3H3,(H3,29,30)(H,31,32)(H,34,39)(H,40,41). The third kappa shape index (κ3) is 6.77. The number of H-pyrrole nitrogens is 2. The van der Waals surface area contributed by atoms with Crippen molar-refractivity contribution < 1.29 is 23.0 Å². The van der Waals surface area contributed by atoms with Crippen LogP contribution >= 0.6 is 0 Å². The van der Waals surface area contributed by atoms with Crippen LogP contribution in [0.1, 0.15) is 22.4 Å². The van der Waals surface area contributed by atoms with E-state index in [1.165, 1.54) is 4.90 Å². The van der Waals surface area contributed by atoms with Crippen molar-refractivity contribution in [2.45, 2.75) is 19.1 Å². The Morgan fingerprint density at radius 3 is 2.61 bits per heavy atom. The number of amides is 1. The Bertz CT molecular complexity index is 1980. The summed E-state index contributed by atoms with van der Waals surface area (Å²) in [5.74, 6) is 0.100. The fourth-order valence-corrected chi connectivity index (χ4v) is 4.53. The number of benzene rings is 2. The van der Waals surface area contributed by atoms with E-state index in [1.807, 2.05) is 0 Å². The molecule has 3 heterocycles. The highest BCUT2D eigenvalue weighted by Gasteiger charge is 2.19. The van der Waals surface area contributed by atoms with E-state index in [-0.39, 0.29) is 52.7 Å². The molecule has 0 aliphatic rings. The molecule has 5 aromatic rings. The summed E-state index contributed by atoms with van der Waals surface area (Å²) in [6, 6.07) is 9.83. The highest BCUT2D eigenvalue weighted by molar-refractivity contribution is 7.78. The molecule has 16 heteroatoms. The minimum Gasteiger partial charge on any atom is -0.437 e. The van der Waals surface area contributed by atoms with Crippen molar-refractivity contribution in [3.05, 3.63) is 81.5 Å². The third-order valence-electron chi connectivity index (χ3n) is 6.34. The first-order valence-corrected chi connectivity index (χ1v) is 14.3. The Morgan fingerprint density at radius 1 is 1.14 bits per heavy atom. The van der Waals surface area contributed by atoms with Gasteiger partial charge in [0.25, 0.3) is 11.4 Å². The number of aryl methyl sites for hydroxylation is 1. The Kier molecular flexibility index (Phi) is 8.45. The van der Waals surface area contributed by atoms with Crippen molar-refractivity contribution in [2.24, 2.45) is 5.73 Å². The van der Waals surface area contributed by atoms with Gasteiger partial charge in [-0.3, -0.25) is 15.0 Å². The van der Waals surface area contributed by atoms with Gasteiger partial charge in [-0.2, -0.15) is 9.97 Å². The lowest BCUT2D eigenvalue weighted by Gasteiger charge is -2.14. The molecule has 5 rings (SSSR count). The maximum absolute atomic E-state index is 12.8. The van der Waals surface area contributed by atoms with Crippen molar-refractivity contribution >= 4 is 34.0 Å². The van der Waals surface area contributed by atoms with Crippen LogP contribution in [0.15, 0.2) is 53.6 Å². The second kappa shape index (κ2) is 12.4. The molecule has 0 saturated heterocycles. The van der Waals surface area contributed by atoms with E-state index in [9.17, 15) is 18.4 Å². The van der Waals surface area contributed by atoms with Crippen LogP contribution in [0.3, 0.4) is 0 Å². The number of ether oxygens (including phenoxy) is 2. The minimum absolute atomic E-state index is 0.00153. The zero-order valence-electron chi connectivity index (χ0n) is 23.7. The van der Waals surface area contributed by atoms with Gasteiger partial charge in [0.2, 0.25) is 5.91 Å². The van der Waals surface area contributed by atoms with Gasteiger partial charge in [-0.1, -0.05) is 12.1 Å². The zero-order valence-corrected chi connectivity index (χ0v) is 24.6. The van der Waals surface area contributed by atoms with Crippen LogP contribution in [-0.4, -0.2) is 69.4 Å². The molecule has 0 fully saturated rings. The molecule has 1 amide bonds. The number of nitrogens with zero attached hydrogens (tertiary/aromatic N) is 5. The number of hydrogen-bond donors (Lipinski definition) is 5. The van der Waals surface area contributed by atoms with Gasteiger partial charge >= 0.3 is 6.01 Å². The number of aromatic amines is 2. The van der Waals surface area contributed by atoms with Crippen LogP contribution in [0.25, 0.3) is 22.6 Å². The minimum atomic E-state index is -2.34. The van der Waals surface area contributed by atoms with E-state index in [1.54, 1.807) is 69.8 Å². The maximum Gasteiger partial charge on any atom is 0.327 e. The van der Waals surface area contributed by atoms with E-state index in [2.05, 4.69) is 29.9 Å². The molecule has 0 aliphatic carbocycles. The first-order chi connectivity index (χ1) is 21.0. The van der Waals surface area contributed by atoms with E-state index < -0.39 is 22.4 Å². The van der Waals surface area contributed by atoms with Gasteiger partial charge < -0.3 is 34.6 Å². The summed E-state index contributed by atoms with van der Waals surface area (Å²) in [5, 5.41) is 7.75. The number of aromatic nitrogens is 6. The van der Waals surface area contributed by atoms with E-state index in [0.717, 1.165) is 0 Å². The average molecular weight is 618 g/mol. The molecular formula is C28H27N9O6S. The van der Waals surface area contributed by atoms with Crippen LogP contribution in [0.5, 0.6) is 23.4 Å². The fourth-order valence-electron chi connectivity index (χ4n) is 4.10. The molecule has 226 valence electrons. The smallest absolute Gasteiger partial charge is 0.327 e. The second-order valence-corrected chi connectivity index (χ2v) is 10.8. The molecule has 0 bridgehead atoms. The number of imidazole rings is 1. The molecule has 44 heavy (non-hydrogen) atoms. The number of nitrogens with two attached hydrogens (primary N) is 1. The number of nitrogen functional groups attached to an aromatic ring is 1. The number of hydrogen-bond acceptors (Lipinski definition) is 10. The lowest BCUT2D eigenvalue weighted by atomic mass is 10.1. The van der Waals surface area contributed by atoms with Crippen molar-refractivity contribution in [3.8, 4) is 34.8 Å². The predicted molar refractivity (Wildman–Crippen MR) is 161 cm³/mol. The summed E-state index contributed by atoms with van der Waals surface area (Å²) in [6.45, 7) is 1.78. The number of amidine groups is 1. The average Bonchev–Trinajstić information content (AvgIpc) is 3.50. The molecule has 0 radical (unpaired) electrons. The van der Waals surface area contributed by atoms with Crippen LogP contribution in [0, 0.1) is 12.3 Å². The predicted octanol–water partition coefficient (Wildman–Crippen LogP) is 2.63. The van der Waals surface area contributed by atoms with Gasteiger partial charge in [0, 0.05) is 37.6 Å². The van der Waals surface area contributed by atoms with Crippen LogP contribution in [-0.2, 0) is 28.0 Å². The Labute approximate surface area is 252 Å². The van der Waals surface area contributed by atoms with Gasteiger partial charge in [-0.05, 0) is 42.3 Å². The molecule has 6 N–H and O–H groups in total. The molecule has 0 spiro atoms. The van der Waals surface area contributed by atoms with Gasteiger partial charge in [0.1, 0.15) is 28.9 Å². The lowest BCUT2D eigenvalue weighted by Crippen LogP contribution is -2.23. The first-order valence-electron chi connectivity index (χ1n) is 13.0. The molecule has 15 nitrogen and oxygen atoms in total. The summed E-state index contributed by atoms with van der Waals surface area (Å²) < 4.78 is 33.0. The normalized spacial score (nSPS) is 11.7. The quantitative estimate of drug-likeness (QED) is 0.0869. The Morgan fingerprint density at radius 2 is 1.93 bits per heavy atom. The fraction of sp³-hybridized carbons (Fsp3) is 0.179. The van der Waals surface area contributed by atoms with E-state index in [0.29, 0.717) is 33.8 Å². The summed E-state index contributed by atoms with van der Waals surface area (Å²) >= 11 is -2.34. The number of carbonyl (C=O) groups is 1. The number of likely N-dealkylation sites (N-methyl/N-ethyl adjacent to an activating group) is 1. The number of fused-ring (bicyclic) bond motifs is 1. The summed E-state index contributed by atoms with van der Waals surface area (Å²) in [6.07, 6.45) is 3.32. The summed E-state index contributed by atoms with van der Waals surface area (Å²) in [5.41, 5.74) is 6.96. The molecule has 1 atom stereocenters. The SMILES string of the molecule is Cc1ccc(C(=N)N)cc1Oc1nc(Oc2cc(CC(=O)N(C)C)cc(-c3ncc[nH]3)c2)c2[nH]c(=O)c(CS(=O)O)nc2n1. The van der Waals surface area contributed by atoms with Crippen LogP contribution in [0.2, 0.25) is 0 Å². The van der Waals surface area contributed by atoms with Gasteiger partial charge in [0.05, 0.1) is 12.2 Å². The van der Waals surface area contributed by atoms with Gasteiger partial charge in [-0.15, -0.1) is 0 Å². The Hall–Kier alpha value is -5.48. The lowest BCUT2D eigenvalue weighted by molar-refractivity contribution is -0.127. The van der Waals surface area contributed by atoms with Crippen molar-refractivity contribution in [1.82, 2.24) is 34.8 Å². The van der Waals surface area contributed by atoms with Crippen LogP contribution < -0.4 is 20.8 Å². The molecule has 0 saturated carbocycles. The number of nitrogens with one attached hydrogen (secondary N) is 3. The van der Waals surface area contributed by atoms with Gasteiger partial charge in [0.15, 0.2) is 22.2 Å². The largest absolute Gasteiger partial charge is 0.437 e. The topological polar surface area (TPSA) is 226 Å². The highest BCUT2D eigenvalue weighted by Crippen LogP contribution is 2.32. The monoisotopic (exact) mass is 617 g/mol. The van der Waals surface area contributed by atoms with E-state index in [4.69, 9.17) is 20.6 Å². The van der Waals surface area contributed by atoms with Crippen LogP contribution in [0.4, 0.5) is 0 Å². The third-order valence-corrected chi connectivity index (χ3v) is 6.87. The maximum atomic E-state index is 12.8. The molecule has 1 unspecified atom stereocenters. The molecule has 2 aromatic carbocycles. The molecular weight excluding hydrogens is 590 g/mol. The van der Waals surface area contributed by atoms with Gasteiger partial charge in [-0.25, -0.2) is 14.2 Å². The summed E-state index contributed by atoms with van der Waals surface area (Å²) in [4.78, 5) is 49.6. The Balaban J connectivity index is 1.64. The second-order valence-electron chi connectivity index (χ2n) is 9.85. The first kappa shape index (κ1) is 30.0. The summed E-state index contributed by atoms with van der Waals surface area (Å²) in [7, 11) is 3.31. The zero-order chi connectivity index (χ0) is 31.5. The highest BCUT2D eigenvalue weighted by atomic mass is 32.2.